The first-order valence-corrected chi connectivity index (χ1v) is 8.02. The molecular formula is C14H24N4OS. The number of oxime groups is 1. The smallest absolute Gasteiger partial charge is 0.173 e. The summed E-state index contributed by atoms with van der Waals surface area (Å²) in [5.41, 5.74) is 8.54. The lowest BCUT2D eigenvalue weighted by molar-refractivity contribution is 0.318. The maximum absolute atomic E-state index is 9.02. The lowest BCUT2D eigenvalue weighted by Gasteiger charge is -2.14. The Hall–Kier alpha value is -1.30. The van der Waals surface area contributed by atoms with Gasteiger partial charge >= 0.3 is 0 Å². The molecule has 1 rings (SSSR count). The van der Waals surface area contributed by atoms with Crippen LogP contribution in [0.25, 0.3) is 0 Å². The fraction of sp³-hybridized carbons (Fsp3) is 0.643. The number of rotatable bonds is 7. The van der Waals surface area contributed by atoms with Crippen LogP contribution >= 0.6 is 11.8 Å². The van der Waals surface area contributed by atoms with Gasteiger partial charge in [0.05, 0.1) is 11.3 Å². The van der Waals surface area contributed by atoms with Gasteiger partial charge in [-0.3, -0.25) is 0 Å². The molecule has 5 nitrogen and oxygen atoms in total. The first-order valence-electron chi connectivity index (χ1n) is 7.04. The molecule has 0 aliphatic carbocycles. The molecule has 0 aliphatic heterocycles. The molecule has 6 heteroatoms. The van der Waals surface area contributed by atoms with Gasteiger partial charge in [0.15, 0.2) is 5.84 Å². The van der Waals surface area contributed by atoms with Crippen LogP contribution in [0.3, 0.4) is 0 Å². The molecule has 0 bridgehead atoms. The van der Waals surface area contributed by atoms with Crippen LogP contribution in [0, 0.1) is 5.92 Å². The van der Waals surface area contributed by atoms with E-state index < -0.39 is 0 Å². The summed E-state index contributed by atoms with van der Waals surface area (Å²) < 4.78 is 0. The zero-order chi connectivity index (χ0) is 15.1. The van der Waals surface area contributed by atoms with Crippen molar-refractivity contribution in [1.82, 2.24) is 10.2 Å². The van der Waals surface area contributed by atoms with Gasteiger partial charge in [-0.1, -0.05) is 32.9 Å². The quantitative estimate of drug-likeness (QED) is 0.266. The van der Waals surface area contributed by atoms with Crippen LogP contribution < -0.4 is 5.73 Å². The minimum Gasteiger partial charge on any atom is -0.409 e. The van der Waals surface area contributed by atoms with Crippen LogP contribution in [0.5, 0.6) is 0 Å². The summed E-state index contributed by atoms with van der Waals surface area (Å²) in [6, 6.07) is 0. The largest absolute Gasteiger partial charge is 0.409 e. The highest BCUT2D eigenvalue weighted by Gasteiger charge is 2.18. The van der Waals surface area contributed by atoms with Crippen LogP contribution in [-0.2, 0) is 12.8 Å². The van der Waals surface area contributed by atoms with Crippen LogP contribution in [0.2, 0.25) is 0 Å². The fourth-order valence-electron chi connectivity index (χ4n) is 1.96. The molecule has 0 radical (unpaired) electrons. The van der Waals surface area contributed by atoms with Crippen molar-refractivity contribution in [3.8, 4) is 0 Å². The van der Waals surface area contributed by atoms with Gasteiger partial charge < -0.3 is 10.9 Å². The lowest BCUT2D eigenvalue weighted by atomic mass is 10.0. The Morgan fingerprint density at radius 2 is 2.00 bits per heavy atom. The number of thioether (sulfide) groups is 1. The first-order chi connectivity index (χ1) is 9.54. The van der Waals surface area contributed by atoms with E-state index in [2.05, 4.69) is 29.2 Å². The number of hydrogen-bond acceptors (Lipinski definition) is 5. The molecule has 0 fully saturated rings. The summed E-state index contributed by atoms with van der Waals surface area (Å²) in [4.78, 5) is 0. The van der Waals surface area contributed by atoms with E-state index in [0.717, 1.165) is 46.9 Å². The minimum atomic E-state index is 0.124. The van der Waals surface area contributed by atoms with Crippen molar-refractivity contribution in [1.29, 1.82) is 0 Å². The number of nitrogens with zero attached hydrogens (tertiary/aromatic N) is 3. The molecule has 0 spiro atoms. The average Bonchev–Trinajstić information content (AvgIpc) is 2.45. The van der Waals surface area contributed by atoms with Gasteiger partial charge in [-0.25, -0.2) is 0 Å². The third-order valence-corrected chi connectivity index (χ3v) is 4.11. The van der Waals surface area contributed by atoms with Crippen molar-refractivity contribution < 1.29 is 5.21 Å². The maximum Gasteiger partial charge on any atom is 0.173 e. The van der Waals surface area contributed by atoms with Crippen molar-refractivity contribution in [2.24, 2.45) is 16.8 Å². The minimum absolute atomic E-state index is 0.124. The summed E-state index contributed by atoms with van der Waals surface area (Å²) in [5.74, 6) is 1.72. The molecule has 0 amide bonds. The third kappa shape index (κ3) is 4.10. The summed E-state index contributed by atoms with van der Waals surface area (Å²) in [7, 11) is 0. The maximum atomic E-state index is 9.02. The van der Waals surface area contributed by atoms with E-state index in [1.807, 2.05) is 13.8 Å². The van der Waals surface area contributed by atoms with Crippen molar-refractivity contribution in [3.63, 3.8) is 0 Å². The number of aromatic nitrogens is 2. The van der Waals surface area contributed by atoms with Crippen LogP contribution in [0.1, 0.15) is 50.9 Å². The Morgan fingerprint density at radius 3 is 2.50 bits per heavy atom. The lowest BCUT2D eigenvalue weighted by Crippen LogP contribution is -2.20. The molecule has 20 heavy (non-hydrogen) atoms. The second-order valence-electron chi connectivity index (χ2n) is 5.03. The molecule has 3 N–H and O–H groups in total. The van der Waals surface area contributed by atoms with E-state index in [0.29, 0.717) is 5.92 Å². The molecule has 0 saturated carbocycles. The fourth-order valence-corrected chi connectivity index (χ4v) is 3.21. The van der Waals surface area contributed by atoms with E-state index in [4.69, 9.17) is 10.9 Å². The second kappa shape index (κ2) is 8.09. The van der Waals surface area contributed by atoms with Crippen molar-refractivity contribution >= 4 is 17.6 Å². The standard InChI is InChI=1S/C14H24N4OS/c1-5-10-11(6-2)16-17-14(12(10)13(15)18-19)20-8-7-9(3)4/h9,19H,5-8H2,1-4H3,(H2,15,18). The molecule has 0 aromatic carbocycles. The summed E-state index contributed by atoms with van der Waals surface area (Å²) in [6.07, 6.45) is 2.68. The van der Waals surface area contributed by atoms with Gasteiger partial charge in [-0.05, 0) is 36.5 Å². The van der Waals surface area contributed by atoms with Crippen LogP contribution in [0.15, 0.2) is 10.2 Å². The van der Waals surface area contributed by atoms with Crippen molar-refractivity contribution in [2.45, 2.75) is 52.0 Å². The molecule has 0 aliphatic rings. The molecule has 0 unspecified atom stereocenters. The molecule has 0 atom stereocenters. The van der Waals surface area contributed by atoms with E-state index >= 15 is 0 Å². The van der Waals surface area contributed by atoms with E-state index in [1.54, 1.807) is 11.8 Å². The van der Waals surface area contributed by atoms with Gasteiger partial charge in [0.1, 0.15) is 5.03 Å². The van der Waals surface area contributed by atoms with Crippen LogP contribution in [-0.4, -0.2) is 27.0 Å². The van der Waals surface area contributed by atoms with Gasteiger partial charge in [0, 0.05) is 0 Å². The zero-order valence-corrected chi connectivity index (χ0v) is 13.5. The topological polar surface area (TPSA) is 84.4 Å². The monoisotopic (exact) mass is 296 g/mol. The van der Waals surface area contributed by atoms with Crippen molar-refractivity contribution in [3.05, 3.63) is 16.8 Å². The highest BCUT2D eigenvalue weighted by atomic mass is 32.2. The molecular weight excluding hydrogens is 272 g/mol. The Kier molecular flexibility index (Phi) is 6.78. The highest BCUT2D eigenvalue weighted by Crippen LogP contribution is 2.26. The predicted molar refractivity (Wildman–Crippen MR) is 83.5 cm³/mol. The first kappa shape index (κ1) is 16.8. The Bertz CT molecular complexity index is 474. The molecule has 1 aromatic rings. The molecule has 1 heterocycles. The summed E-state index contributed by atoms with van der Waals surface area (Å²) in [5, 5.41) is 21.5. The van der Waals surface area contributed by atoms with Crippen molar-refractivity contribution in [2.75, 3.05) is 5.75 Å². The number of nitrogens with two attached hydrogens (primary N) is 1. The van der Waals surface area contributed by atoms with Gasteiger partial charge in [-0.15, -0.1) is 16.9 Å². The molecule has 112 valence electrons. The highest BCUT2D eigenvalue weighted by molar-refractivity contribution is 7.99. The predicted octanol–water partition coefficient (Wildman–Crippen LogP) is 2.83. The van der Waals surface area contributed by atoms with Crippen LogP contribution in [0.4, 0.5) is 0 Å². The summed E-state index contributed by atoms with van der Waals surface area (Å²) >= 11 is 1.62. The SMILES string of the molecule is CCc1nnc(SCCC(C)C)c(C(N)=NO)c1CC. The average molecular weight is 296 g/mol. The molecule has 0 saturated heterocycles. The number of hydrogen-bond donors (Lipinski definition) is 2. The van der Waals surface area contributed by atoms with Gasteiger partial charge in [0.25, 0.3) is 0 Å². The van der Waals surface area contributed by atoms with E-state index in [1.165, 1.54) is 0 Å². The van der Waals surface area contributed by atoms with Gasteiger partial charge in [0.2, 0.25) is 0 Å². The third-order valence-electron chi connectivity index (χ3n) is 3.11. The zero-order valence-electron chi connectivity index (χ0n) is 12.7. The van der Waals surface area contributed by atoms with E-state index in [9.17, 15) is 0 Å². The summed E-state index contributed by atoms with van der Waals surface area (Å²) in [6.45, 7) is 8.46. The van der Waals surface area contributed by atoms with Gasteiger partial charge in [-0.2, -0.15) is 5.10 Å². The number of amidine groups is 1. The Balaban J connectivity index is 3.16. The van der Waals surface area contributed by atoms with E-state index in [-0.39, 0.29) is 5.84 Å². The normalized spacial score (nSPS) is 12.2. The Labute approximate surface area is 125 Å². The second-order valence-corrected chi connectivity index (χ2v) is 6.11. The molecule has 1 aromatic heterocycles. The Morgan fingerprint density at radius 1 is 1.30 bits per heavy atom. The number of aryl methyl sites for hydroxylation is 1.